The lowest BCUT2D eigenvalue weighted by Gasteiger charge is -2.41. The van der Waals surface area contributed by atoms with Gasteiger partial charge in [-0.05, 0) is 55.9 Å². The minimum Gasteiger partial charge on any atom is -0.462 e. The van der Waals surface area contributed by atoms with Crippen molar-refractivity contribution in [1.82, 2.24) is 0 Å². The zero-order valence-electron chi connectivity index (χ0n) is 17.2. The lowest BCUT2D eigenvalue weighted by atomic mass is 10.2. The number of anilines is 2. The highest BCUT2D eigenvalue weighted by molar-refractivity contribution is 8.29. The number of para-hydroxylation sites is 1. The van der Waals surface area contributed by atoms with Crippen molar-refractivity contribution in [3.8, 4) is 0 Å². The Balaban J connectivity index is 1.90. The van der Waals surface area contributed by atoms with Gasteiger partial charge in [0.2, 0.25) is 4.33 Å². The van der Waals surface area contributed by atoms with Crippen molar-refractivity contribution in [1.29, 1.82) is 0 Å². The van der Waals surface area contributed by atoms with E-state index in [4.69, 9.17) is 16.3 Å². The van der Waals surface area contributed by atoms with Gasteiger partial charge in [-0.2, -0.15) is 5.10 Å². The standard InChI is InChI=1S/C22H20ClN3O3S2/c1-4-29-21(28)19-14(2)25(17-10-6-5-7-11-17)22(30-19)26(24-20(31-22)15(3)27)18-12-8-9-16(23)13-18/h5-13H,4H2,1-3H3. The molecule has 0 saturated heterocycles. The summed E-state index contributed by atoms with van der Waals surface area (Å²) in [5.74, 6) is -0.546. The molecule has 2 heterocycles. The van der Waals surface area contributed by atoms with E-state index in [0.29, 0.717) is 20.7 Å². The van der Waals surface area contributed by atoms with Crippen LogP contribution in [-0.2, 0) is 14.3 Å². The van der Waals surface area contributed by atoms with Crippen LogP contribution in [0, 0.1) is 0 Å². The first-order valence-corrected chi connectivity index (χ1v) is 11.6. The second kappa shape index (κ2) is 8.61. The van der Waals surface area contributed by atoms with Gasteiger partial charge in [-0.3, -0.25) is 4.79 Å². The first-order valence-electron chi connectivity index (χ1n) is 9.64. The Morgan fingerprint density at radius 1 is 1.10 bits per heavy atom. The first kappa shape index (κ1) is 21.8. The molecule has 0 bridgehead atoms. The number of thioether (sulfide) groups is 2. The van der Waals surface area contributed by atoms with Gasteiger partial charge in [0.05, 0.1) is 12.3 Å². The number of ether oxygens (including phenoxy) is 1. The van der Waals surface area contributed by atoms with Crippen molar-refractivity contribution in [2.45, 2.75) is 25.1 Å². The van der Waals surface area contributed by atoms with Crippen LogP contribution in [0.3, 0.4) is 0 Å². The Morgan fingerprint density at radius 2 is 1.81 bits per heavy atom. The van der Waals surface area contributed by atoms with E-state index in [1.807, 2.05) is 54.3 Å². The molecule has 0 saturated carbocycles. The van der Waals surface area contributed by atoms with E-state index in [2.05, 4.69) is 5.10 Å². The number of allylic oxidation sites excluding steroid dienone is 1. The minimum absolute atomic E-state index is 0.148. The van der Waals surface area contributed by atoms with E-state index in [9.17, 15) is 9.59 Å². The summed E-state index contributed by atoms with van der Waals surface area (Å²) >= 11 is 8.89. The van der Waals surface area contributed by atoms with Crippen LogP contribution in [0.25, 0.3) is 0 Å². The van der Waals surface area contributed by atoms with Crippen molar-refractivity contribution >= 4 is 63.3 Å². The molecular weight excluding hydrogens is 454 g/mol. The van der Waals surface area contributed by atoms with Crippen molar-refractivity contribution < 1.29 is 14.3 Å². The Bertz CT molecular complexity index is 1110. The zero-order valence-corrected chi connectivity index (χ0v) is 19.6. The molecule has 0 fully saturated rings. The number of halogens is 1. The third-order valence-electron chi connectivity index (χ3n) is 4.70. The van der Waals surface area contributed by atoms with E-state index >= 15 is 0 Å². The normalized spacial score (nSPS) is 20.5. The molecular formula is C22H20ClN3O3S2. The molecule has 2 aliphatic rings. The van der Waals surface area contributed by atoms with Crippen molar-refractivity contribution in [2.24, 2.45) is 5.10 Å². The number of benzene rings is 2. The van der Waals surface area contributed by atoms with Gasteiger partial charge in [0.25, 0.3) is 0 Å². The quantitative estimate of drug-likeness (QED) is 0.534. The molecule has 160 valence electrons. The van der Waals surface area contributed by atoms with Gasteiger partial charge in [0, 0.05) is 23.3 Å². The molecule has 0 radical (unpaired) electrons. The van der Waals surface area contributed by atoms with Gasteiger partial charge < -0.3 is 9.64 Å². The number of rotatable bonds is 5. The van der Waals surface area contributed by atoms with Gasteiger partial charge >= 0.3 is 5.97 Å². The second-order valence-electron chi connectivity index (χ2n) is 6.81. The molecule has 1 spiro atoms. The fourth-order valence-electron chi connectivity index (χ4n) is 3.40. The van der Waals surface area contributed by atoms with Crippen LogP contribution in [0.2, 0.25) is 5.02 Å². The Labute approximate surface area is 194 Å². The minimum atomic E-state index is -0.959. The average Bonchev–Trinajstić information content (AvgIpc) is 3.27. The molecule has 1 atom stereocenters. The third kappa shape index (κ3) is 3.84. The summed E-state index contributed by atoms with van der Waals surface area (Å²) < 4.78 is 4.36. The maximum Gasteiger partial charge on any atom is 0.346 e. The second-order valence-corrected chi connectivity index (χ2v) is 9.85. The van der Waals surface area contributed by atoms with Crippen molar-refractivity contribution in [2.75, 3.05) is 16.5 Å². The molecule has 2 aliphatic heterocycles. The summed E-state index contributed by atoms with van der Waals surface area (Å²) in [7, 11) is 0. The molecule has 2 aromatic carbocycles. The summed E-state index contributed by atoms with van der Waals surface area (Å²) in [4.78, 5) is 27.6. The van der Waals surface area contributed by atoms with Crippen LogP contribution in [-0.4, -0.2) is 27.7 Å². The third-order valence-corrected chi connectivity index (χ3v) is 7.91. The number of nitrogens with zero attached hydrogens (tertiary/aromatic N) is 3. The molecule has 6 nitrogen and oxygen atoms in total. The number of hydrogen-bond donors (Lipinski definition) is 0. The van der Waals surface area contributed by atoms with Crippen LogP contribution in [0.15, 0.2) is 70.3 Å². The van der Waals surface area contributed by atoms with Crippen LogP contribution in [0.5, 0.6) is 0 Å². The molecule has 0 aromatic heterocycles. The fraction of sp³-hybridized carbons (Fsp3) is 0.227. The summed E-state index contributed by atoms with van der Waals surface area (Å²) in [6.07, 6.45) is 0. The molecule has 2 aromatic rings. The Kier molecular flexibility index (Phi) is 6.05. The number of Topliss-reactive ketones (excluding diaryl/α,β-unsaturated/α-hetero) is 1. The number of hydrogen-bond acceptors (Lipinski definition) is 8. The number of ketones is 1. The van der Waals surface area contributed by atoms with Gasteiger partial charge in [0.15, 0.2) is 10.8 Å². The largest absolute Gasteiger partial charge is 0.462 e. The number of hydrazone groups is 1. The first-order chi connectivity index (χ1) is 14.9. The highest BCUT2D eigenvalue weighted by Gasteiger charge is 2.58. The van der Waals surface area contributed by atoms with E-state index < -0.39 is 10.3 Å². The van der Waals surface area contributed by atoms with E-state index in [1.54, 1.807) is 24.1 Å². The predicted molar refractivity (Wildman–Crippen MR) is 128 cm³/mol. The van der Waals surface area contributed by atoms with Crippen LogP contribution in [0.4, 0.5) is 11.4 Å². The Hall–Kier alpha value is -2.42. The lowest BCUT2D eigenvalue weighted by molar-refractivity contribution is -0.137. The number of carbonyl (C=O) groups excluding carboxylic acids is 2. The van der Waals surface area contributed by atoms with Crippen molar-refractivity contribution in [3.05, 3.63) is 70.2 Å². The van der Waals surface area contributed by atoms with Gasteiger partial charge in [-0.25, -0.2) is 9.80 Å². The van der Waals surface area contributed by atoms with E-state index in [1.165, 1.54) is 30.4 Å². The monoisotopic (exact) mass is 473 g/mol. The summed E-state index contributed by atoms with van der Waals surface area (Å²) in [5, 5.41) is 7.31. The molecule has 4 rings (SSSR count). The van der Waals surface area contributed by atoms with E-state index in [0.717, 1.165) is 11.4 Å². The fourth-order valence-corrected chi connectivity index (χ4v) is 6.54. The van der Waals surface area contributed by atoms with Gasteiger partial charge in [-0.15, -0.1) is 0 Å². The molecule has 9 heteroatoms. The Morgan fingerprint density at radius 3 is 2.45 bits per heavy atom. The zero-order chi connectivity index (χ0) is 22.2. The summed E-state index contributed by atoms with van der Waals surface area (Å²) in [6.45, 7) is 5.41. The van der Waals surface area contributed by atoms with Crippen LogP contribution in [0.1, 0.15) is 20.8 Å². The maximum atomic E-state index is 12.8. The van der Waals surface area contributed by atoms with Gasteiger partial charge in [-0.1, -0.05) is 47.6 Å². The smallest absolute Gasteiger partial charge is 0.346 e. The molecule has 0 N–H and O–H groups in total. The molecule has 31 heavy (non-hydrogen) atoms. The highest BCUT2D eigenvalue weighted by Crippen LogP contribution is 2.60. The summed E-state index contributed by atoms with van der Waals surface area (Å²) in [5.41, 5.74) is 2.31. The van der Waals surface area contributed by atoms with Crippen molar-refractivity contribution in [3.63, 3.8) is 0 Å². The number of esters is 1. The van der Waals surface area contributed by atoms with Crippen LogP contribution >= 0.6 is 35.1 Å². The average molecular weight is 474 g/mol. The molecule has 0 aliphatic carbocycles. The number of carbonyl (C=O) groups is 2. The van der Waals surface area contributed by atoms with E-state index in [-0.39, 0.29) is 12.4 Å². The highest BCUT2D eigenvalue weighted by atomic mass is 35.5. The topological polar surface area (TPSA) is 62.2 Å². The SMILES string of the molecule is CCOC(=O)C1=C(C)N(c2ccccc2)C2(SC(C(C)=O)=NN2c2cccc(Cl)c2)S1. The maximum absolute atomic E-state index is 12.8. The predicted octanol–water partition coefficient (Wildman–Crippen LogP) is 5.46. The lowest BCUT2D eigenvalue weighted by Crippen LogP contribution is -2.49. The van der Waals surface area contributed by atoms with Gasteiger partial charge in [0.1, 0.15) is 4.91 Å². The molecule has 1 unspecified atom stereocenters. The molecule has 0 amide bonds. The van der Waals surface area contributed by atoms with Crippen LogP contribution < -0.4 is 9.91 Å². The summed E-state index contributed by atoms with van der Waals surface area (Å²) in [6, 6.07) is 17.0.